The molecule has 0 aliphatic carbocycles. The van der Waals surface area contributed by atoms with Crippen molar-refractivity contribution in [2.45, 2.75) is 0 Å². The van der Waals surface area contributed by atoms with Gasteiger partial charge in [0.2, 0.25) is 4.77 Å². The first kappa shape index (κ1) is 15.1. The molecule has 0 atom stereocenters. The van der Waals surface area contributed by atoms with Crippen LogP contribution < -0.4 is 4.74 Å². The number of aromatic nitrogens is 3. The highest BCUT2D eigenvalue weighted by molar-refractivity contribution is 7.71. The third-order valence-electron chi connectivity index (χ3n) is 3.18. The zero-order valence-electron chi connectivity index (χ0n) is 12.2. The van der Waals surface area contributed by atoms with E-state index in [4.69, 9.17) is 17.0 Å². The van der Waals surface area contributed by atoms with Crippen LogP contribution in [-0.4, -0.2) is 28.2 Å². The summed E-state index contributed by atoms with van der Waals surface area (Å²) in [4.78, 5) is 0. The van der Waals surface area contributed by atoms with Gasteiger partial charge in [-0.1, -0.05) is 24.3 Å². The highest BCUT2D eigenvalue weighted by Gasteiger charge is 2.12. The lowest BCUT2D eigenvalue weighted by Crippen LogP contribution is -1.97. The van der Waals surface area contributed by atoms with Gasteiger partial charge in [0, 0.05) is 0 Å². The first-order valence-corrected chi connectivity index (χ1v) is 7.20. The van der Waals surface area contributed by atoms with Crippen molar-refractivity contribution in [2.75, 3.05) is 7.11 Å². The average molecular weight is 328 g/mol. The number of rotatable bonds is 4. The Morgan fingerprint density at radius 2 is 2.09 bits per heavy atom. The fraction of sp³-hybridized carbons (Fsp3) is 0.0625. The molecule has 116 valence electrons. The van der Waals surface area contributed by atoms with Crippen LogP contribution in [0.15, 0.2) is 53.6 Å². The molecule has 0 fully saturated rings. The van der Waals surface area contributed by atoms with Crippen molar-refractivity contribution in [3.05, 3.63) is 64.7 Å². The molecule has 5 nitrogen and oxygen atoms in total. The average Bonchev–Trinajstić information content (AvgIpc) is 2.94. The topological polar surface area (TPSA) is 55.2 Å². The molecule has 0 bridgehead atoms. The van der Waals surface area contributed by atoms with Crippen LogP contribution in [0.3, 0.4) is 0 Å². The van der Waals surface area contributed by atoms with Gasteiger partial charge in [-0.25, -0.2) is 9.49 Å². The van der Waals surface area contributed by atoms with E-state index in [1.807, 2.05) is 24.3 Å². The van der Waals surface area contributed by atoms with Gasteiger partial charge in [-0.15, -0.1) is 0 Å². The quantitative estimate of drug-likeness (QED) is 0.588. The van der Waals surface area contributed by atoms with Gasteiger partial charge >= 0.3 is 0 Å². The molecule has 1 N–H and O–H groups in total. The molecule has 1 heterocycles. The second-order valence-corrected chi connectivity index (χ2v) is 5.05. The fourth-order valence-corrected chi connectivity index (χ4v) is 2.24. The smallest absolute Gasteiger partial charge is 0.216 e. The zero-order valence-corrected chi connectivity index (χ0v) is 13.0. The highest BCUT2D eigenvalue weighted by atomic mass is 32.1. The van der Waals surface area contributed by atoms with E-state index in [9.17, 15) is 4.39 Å². The molecular formula is C16H13FN4OS. The fourth-order valence-electron chi connectivity index (χ4n) is 2.06. The normalized spacial score (nSPS) is 11.0. The summed E-state index contributed by atoms with van der Waals surface area (Å²) in [6.45, 7) is 0. The Hall–Kier alpha value is -2.80. The number of H-pyrrole nitrogens is 1. The Labute approximate surface area is 137 Å². The van der Waals surface area contributed by atoms with Crippen molar-refractivity contribution >= 4 is 18.4 Å². The number of hydrogen-bond donors (Lipinski definition) is 1. The molecule has 0 aliphatic rings. The Kier molecular flexibility index (Phi) is 4.29. The summed E-state index contributed by atoms with van der Waals surface area (Å²) in [6, 6.07) is 13.7. The van der Waals surface area contributed by atoms with Crippen LogP contribution in [0, 0.1) is 10.6 Å². The lowest BCUT2D eigenvalue weighted by molar-refractivity contribution is 0.415. The van der Waals surface area contributed by atoms with Crippen LogP contribution in [0.4, 0.5) is 4.39 Å². The molecule has 0 aliphatic heterocycles. The Morgan fingerprint density at radius 1 is 1.26 bits per heavy atom. The number of halogens is 1. The molecule has 1 aromatic heterocycles. The molecule has 0 amide bonds. The standard InChI is InChI=1S/C16H13FN4OS/c1-22-12-6-4-5-11(9-12)10-18-21-15(19-20-16(21)23)13-7-2-3-8-14(13)17/h2-10H,1H3,(H,20,23)/b18-10+. The van der Waals surface area contributed by atoms with E-state index in [1.54, 1.807) is 31.5 Å². The van der Waals surface area contributed by atoms with Crippen LogP contribution in [0.5, 0.6) is 5.75 Å². The van der Waals surface area contributed by atoms with Gasteiger partial charge in [-0.05, 0) is 42.0 Å². The summed E-state index contributed by atoms with van der Waals surface area (Å²) >= 11 is 5.16. The maximum Gasteiger partial charge on any atom is 0.216 e. The van der Waals surface area contributed by atoms with E-state index in [-0.39, 0.29) is 10.6 Å². The second kappa shape index (κ2) is 6.53. The number of nitrogens with one attached hydrogen (secondary N) is 1. The van der Waals surface area contributed by atoms with Crippen molar-refractivity contribution in [2.24, 2.45) is 5.10 Å². The first-order valence-electron chi connectivity index (χ1n) is 6.80. The minimum absolute atomic E-state index is 0.280. The van der Waals surface area contributed by atoms with Gasteiger partial charge in [0.1, 0.15) is 11.6 Å². The summed E-state index contributed by atoms with van der Waals surface area (Å²) in [6.07, 6.45) is 1.61. The number of nitrogens with zero attached hydrogens (tertiary/aromatic N) is 3. The van der Waals surface area contributed by atoms with Crippen molar-refractivity contribution in [1.82, 2.24) is 14.9 Å². The summed E-state index contributed by atoms with van der Waals surface area (Å²) in [7, 11) is 1.60. The van der Waals surface area contributed by atoms with E-state index in [0.717, 1.165) is 11.3 Å². The minimum Gasteiger partial charge on any atom is -0.497 e. The van der Waals surface area contributed by atoms with Crippen molar-refractivity contribution in [3.63, 3.8) is 0 Å². The van der Waals surface area contributed by atoms with Gasteiger partial charge in [0.05, 0.1) is 18.9 Å². The zero-order chi connectivity index (χ0) is 16.2. The number of hydrogen-bond acceptors (Lipinski definition) is 4. The maximum atomic E-state index is 14.0. The number of ether oxygens (including phenoxy) is 1. The Morgan fingerprint density at radius 3 is 2.87 bits per heavy atom. The van der Waals surface area contributed by atoms with Gasteiger partial charge in [0.15, 0.2) is 5.82 Å². The van der Waals surface area contributed by atoms with E-state index in [1.165, 1.54) is 10.7 Å². The molecule has 0 spiro atoms. The number of benzene rings is 2. The molecule has 0 radical (unpaired) electrons. The predicted molar refractivity (Wildman–Crippen MR) is 88.8 cm³/mol. The predicted octanol–water partition coefficient (Wildman–Crippen LogP) is 3.64. The minimum atomic E-state index is -0.390. The lowest BCUT2D eigenvalue weighted by Gasteiger charge is -2.03. The Bertz CT molecular complexity index is 916. The molecule has 0 saturated carbocycles. The third-order valence-corrected chi connectivity index (χ3v) is 3.45. The van der Waals surface area contributed by atoms with Gasteiger partial charge < -0.3 is 4.74 Å². The second-order valence-electron chi connectivity index (χ2n) is 4.67. The van der Waals surface area contributed by atoms with Crippen LogP contribution in [0.1, 0.15) is 5.56 Å². The van der Waals surface area contributed by atoms with Crippen molar-refractivity contribution in [3.8, 4) is 17.1 Å². The molecule has 0 unspecified atom stereocenters. The number of aromatic amines is 1. The summed E-state index contributed by atoms with van der Waals surface area (Å²) < 4.78 is 20.8. The SMILES string of the molecule is COc1cccc(/C=N/n2c(-c3ccccc3F)n[nH]c2=S)c1. The molecule has 0 saturated heterocycles. The first-order chi connectivity index (χ1) is 11.2. The molecule has 3 aromatic rings. The van der Waals surface area contributed by atoms with Gasteiger partial charge in [0.25, 0.3) is 0 Å². The summed E-state index contributed by atoms with van der Waals surface area (Å²) in [5.74, 6) is 0.644. The van der Waals surface area contributed by atoms with E-state index in [2.05, 4.69) is 15.3 Å². The molecule has 7 heteroatoms. The Balaban J connectivity index is 2.01. The summed E-state index contributed by atoms with van der Waals surface area (Å²) in [5, 5.41) is 11.0. The highest BCUT2D eigenvalue weighted by Crippen LogP contribution is 2.20. The molecule has 23 heavy (non-hydrogen) atoms. The van der Waals surface area contributed by atoms with Crippen LogP contribution in [0.2, 0.25) is 0 Å². The van der Waals surface area contributed by atoms with E-state index in [0.29, 0.717) is 11.4 Å². The number of methoxy groups -OCH3 is 1. The van der Waals surface area contributed by atoms with Crippen molar-refractivity contribution < 1.29 is 9.13 Å². The molecular weight excluding hydrogens is 315 g/mol. The molecule has 3 rings (SSSR count). The maximum absolute atomic E-state index is 14.0. The van der Waals surface area contributed by atoms with E-state index < -0.39 is 0 Å². The lowest BCUT2D eigenvalue weighted by atomic mass is 10.2. The molecule has 2 aromatic carbocycles. The van der Waals surface area contributed by atoms with E-state index >= 15 is 0 Å². The monoisotopic (exact) mass is 328 g/mol. The van der Waals surface area contributed by atoms with Crippen molar-refractivity contribution in [1.29, 1.82) is 0 Å². The van der Waals surface area contributed by atoms with Crippen LogP contribution >= 0.6 is 12.2 Å². The van der Waals surface area contributed by atoms with Crippen LogP contribution in [0.25, 0.3) is 11.4 Å². The summed E-state index contributed by atoms with van der Waals surface area (Å²) in [5.41, 5.74) is 1.15. The van der Waals surface area contributed by atoms with Gasteiger partial charge in [-0.3, -0.25) is 0 Å². The van der Waals surface area contributed by atoms with Crippen LogP contribution in [-0.2, 0) is 0 Å². The third kappa shape index (κ3) is 3.19. The van der Waals surface area contributed by atoms with Gasteiger partial charge in [-0.2, -0.15) is 14.9 Å². The largest absolute Gasteiger partial charge is 0.497 e.